The van der Waals surface area contributed by atoms with Crippen molar-refractivity contribution in [2.75, 3.05) is 11.9 Å². The highest BCUT2D eigenvalue weighted by molar-refractivity contribution is 5.90. The molecule has 0 saturated heterocycles. The van der Waals surface area contributed by atoms with E-state index in [9.17, 15) is 4.79 Å². The predicted octanol–water partition coefficient (Wildman–Crippen LogP) is 1.70. The molecule has 0 unspecified atom stereocenters. The summed E-state index contributed by atoms with van der Waals surface area (Å²) in [5.74, 6) is 0.385. The molecule has 0 radical (unpaired) electrons. The van der Waals surface area contributed by atoms with E-state index in [0.717, 1.165) is 5.56 Å². The molecule has 0 aliphatic carbocycles. The fourth-order valence-corrected chi connectivity index (χ4v) is 1.28. The summed E-state index contributed by atoms with van der Waals surface area (Å²) in [5.41, 5.74) is 1.73. The summed E-state index contributed by atoms with van der Waals surface area (Å²) >= 11 is 0. The van der Waals surface area contributed by atoms with E-state index in [1.165, 1.54) is 0 Å². The molecule has 2 aromatic heterocycles. The lowest BCUT2D eigenvalue weighted by atomic mass is 10.3. The van der Waals surface area contributed by atoms with Crippen LogP contribution in [0.5, 0.6) is 5.88 Å². The molecule has 6 nitrogen and oxygen atoms in total. The van der Waals surface area contributed by atoms with E-state index in [0.29, 0.717) is 17.5 Å². The third-order valence-corrected chi connectivity index (χ3v) is 2.13. The minimum absolute atomic E-state index is 0.129. The molecule has 0 bridgehead atoms. The highest BCUT2D eigenvalue weighted by Crippen LogP contribution is 2.09. The molecule has 0 aromatic carbocycles. The van der Waals surface area contributed by atoms with Crippen molar-refractivity contribution < 1.29 is 14.1 Å². The van der Waals surface area contributed by atoms with Crippen LogP contribution in [0.15, 0.2) is 28.9 Å². The molecule has 0 aliphatic rings. The molecule has 2 heterocycles. The van der Waals surface area contributed by atoms with Gasteiger partial charge in [0, 0.05) is 18.3 Å². The number of aromatic nitrogens is 2. The first-order valence-electron chi connectivity index (χ1n) is 5.42. The van der Waals surface area contributed by atoms with E-state index in [4.69, 9.17) is 9.26 Å². The van der Waals surface area contributed by atoms with Crippen molar-refractivity contribution in [1.29, 1.82) is 0 Å². The smallest absolute Gasteiger partial charge is 0.264 e. The second-order valence-corrected chi connectivity index (χ2v) is 3.84. The Hall–Kier alpha value is -2.37. The Morgan fingerprint density at radius 2 is 2.28 bits per heavy atom. The van der Waals surface area contributed by atoms with Gasteiger partial charge < -0.3 is 9.26 Å². The molecule has 0 atom stereocenters. The summed E-state index contributed by atoms with van der Waals surface area (Å²) < 4.78 is 10.1. The van der Waals surface area contributed by atoms with E-state index in [1.54, 1.807) is 25.3 Å². The van der Waals surface area contributed by atoms with Crippen LogP contribution in [0.25, 0.3) is 0 Å². The lowest BCUT2D eigenvalue weighted by molar-refractivity contribution is -0.118. The van der Waals surface area contributed by atoms with Crippen molar-refractivity contribution in [2.45, 2.75) is 13.8 Å². The summed E-state index contributed by atoms with van der Waals surface area (Å²) in [6, 6.07) is 5.20. The van der Waals surface area contributed by atoms with Crippen molar-refractivity contribution in [3.63, 3.8) is 0 Å². The van der Waals surface area contributed by atoms with Crippen LogP contribution < -0.4 is 10.1 Å². The van der Waals surface area contributed by atoms with E-state index in [2.05, 4.69) is 15.5 Å². The number of carbonyl (C=O) groups is 1. The van der Waals surface area contributed by atoms with Gasteiger partial charge in [0.05, 0.1) is 5.69 Å². The Morgan fingerprint density at radius 1 is 1.44 bits per heavy atom. The molecule has 1 N–H and O–H groups in total. The average Bonchev–Trinajstić information content (AvgIpc) is 2.74. The van der Waals surface area contributed by atoms with E-state index < -0.39 is 0 Å². The topological polar surface area (TPSA) is 77.2 Å². The second-order valence-electron chi connectivity index (χ2n) is 3.84. The molecule has 0 fully saturated rings. The standard InChI is InChI=1S/C12H13N3O3/c1-8-3-4-11(13-6-8)17-7-10(16)14-12-5-9(2)15-18-12/h3-6H,7H2,1-2H3,(H,14,16). The first-order chi connectivity index (χ1) is 8.63. The number of hydrogen-bond acceptors (Lipinski definition) is 5. The van der Waals surface area contributed by atoms with Gasteiger partial charge in [-0.05, 0) is 19.4 Å². The van der Waals surface area contributed by atoms with Crippen LogP contribution in [0.1, 0.15) is 11.3 Å². The van der Waals surface area contributed by atoms with Crippen LogP contribution in [-0.2, 0) is 4.79 Å². The number of amides is 1. The monoisotopic (exact) mass is 247 g/mol. The third kappa shape index (κ3) is 3.31. The van der Waals surface area contributed by atoms with E-state index in [-0.39, 0.29) is 12.5 Å². The molecular formula is C12H13N3O3. The summed E-state index contributed by atoms with van der Waals surface area (Å²) in [7, 11) is 0. The summed E-state index contributed by atoms with van der Waals surface area (Å²) in [6.45, 7) is 3.57. The van der Waals surface area contributed by atoms with Crippen LogP contribution in [0.4, 0.5) is 5.88 Å². The molecule has 94 valence electrons. The summed E-state index contributed by atoms with van der Waals surface area (Å²) in [6.07, 6.45) is 1.67. The third-order valence-electron chi connectivity index (χ3n) is 2.13. The maximum atomic E-state index is 11.5. The van der Waals surface area contributed by atoms with Gasteiger partial charge in [-0.15, -0.1) is 0 Å². The Morgan fingerprint density at radius 3 is 2.89 bits per heavy atom. The van der Waals surface area contributed by atoms with Gasteiger partial charge in [-0.2, -0.15) is 0 Å². The first-order valence-corrected chi connectivity index (χ1v) is 5.42. The fraction of sp³-hybridized carbons (Fsp3) is 0.250. The largest absolute Gasteiger partial charge is 0.468 e. The van der Waals surface area contributed by atoms with Crippen molar-refractivity contribution in [3.8, 4) is 5.88 Å². The van der Waals surface area contributed by atoms with Crippen LogP contribution >= 0.6 is 0 Å². The van der Waals surface area contributed by atoms with Crippen molar-refractivity contribution in [3.05, 3.63) is 35.7 Å². The minimum Gasteiger partial charge on any atom is -0.468 e. The maximum absolute atomic E-state index is 11.5. The molecule has 6 heteroatoms. The Labute approximate surface area is 104 Å². The Kier molecular flexibility index (Phi) is 3.57. The lowest BCUT2D eigenvalue weighted by Crippen LogP contribution is -2.20. The van der Waals surface area contributed by atoms with Crippen LogP contribution in [-0.4, -0.2) is 22.7 Å². The van der Waals surface area contributed by atoms with E-state index in [1.807, 2.05) is 13.0 Å². The van der Waals surface area contributed by atoms with Crippen molar-refractivity contribution >= 4 is 11.8 Å². The number of hydrogen-bond donors (Lipinski definition) is 1. The normalized spacial score (nSPS) is 10.1. The number of ether oxygens (including phenoxy) is 1. The molecule has 0 saturated carbocycles. The van der Waals surface area contributed by atoms with Gasteiger partial charge in [-0.25, -0.2) is 4.98 Å². The highest BCUT2D eigenvalue weighted by atomic mass is 16.5. The zero-order valence-corrected chi connectivity index (χ0v) is 10.1. The van der Waals surface area contributed by atoms with Gasteiger partial charge in [-0.1, -0.05) is 11.2 Å². The number of carbonyl (C=O) groups excluding carboxylic acids is 1. The minimum atomic E-state index is -0.325. The van der Waals surface area contributed by atoms with Gasteiger partial charge in [0.1, 0.15) is 0 Å². The quantitative estimate of drug-likeness (QED) is 0.889. The number of pyridine rings is 1. The van der Waals surface area contributed by atoms with Gasteiger partial charge in [0.15, 0.2) is 6.61 Å². The van der Waals surface area contributed by atoms with Gasteiger partial charge in [-0.3, -0.25) is 10.1 Å². The van der Waals surface area contributed by atoms with E-state index >= 15 is 0 Å². The summed E-state index contributed by atoms with van der Waals surface area (Å²) in [4.78, 5) is 15.5. The fourth-order valence-electron chi connectivity index (χ4n) is 1.28. The Bertz CT molecular complexity index is 534. The molecule has 0 aliphatic heterocycles. The SMILES string of the molecule is Cc1ccc(OCC(=O)Nc2cc(C)no2)nc1. The first kappa shape index (κ1) is 12.1. The number of nitrogens with one attached hydrogen (secondary N) is 1. The van der Waals surface area contributed by atoms with Crippen molar-refractivity contribution in [2.24, 2.45) is 0 Å². The molecule has 2 rings (SSSR count). The van der Waals surface area contributed by atoms with Crippen molar-refractivity contribution in [1.82, 2.24) is 10.1 Å². The van der Waals surface area contributed by atoms with Gasteiger partial charge >= 0.3 is 0 Å². The number of anilines is 1. The zero-order chi connectivity index (χ0) is 13.0. The molecule has 18 heavy (non-hydrogen) atoms. The predicted molar refractivity (Wildman–Crippen MR) is 64.3 cm³/mol. The Balaban J connectivity index is 1.83. The molecule has 0 spiro atoms. The zero-order valence-electron chi connectivity index (χ0n) is 10.1. The second kappa shape index (κ2) is 5.31. The van der Waals surface area contributed by atoms with Crippen LogP contribution in [0.2, 0.25) is 0 Å². The molecule has 1 amide bonds. The van der Waals surface area contributed by atoms with Crippen LogP contribution in [0, 0.1) is 13.8 Å². The molecule has 2 aromatic rings. The number of nitrogens with zero attached hydrogens (tertiary/aromatic N) is 2. The number of rotatable bonds is 4. The average molecular weight is 247 g/mol. The van der Waals surface area contributed by atoms with Gasteiger partial charge in [0.25, 0.3) is 5.91 Å². The summed E-state index contributed by atoms with van der Waals surface area (Å²) in [5, 5.41) is 6.18. The molecular weight excluding hydrogens is 234 g/mol. The van der Waals surface area contributed by atoms with Crippen LogP contribution in [0.3, 0.4) is 0 Å². The highest BCUT2D eigenvalue weighted by Gasteiger charge is 2.07. The van der Waals surface area contributed by atoms with Gasteiger partial charge in [0.2, 0.25) is 11.8 Å². The lowest BCUT2D eigenvalue weighted by Gasteiger charge is -2.04. The number of aryl methyl sites for hydroxylation is 2. The maximum Gasteiger partial charge on any atom is 0.264 e.